The SMILES string of the molecule is NC(C(=O)NCC(O)c1c(Cl)cccc1Cl)C1CCOCC1. The summed E-state index contributed by atoms with van der Waals surface area (Å²) in [5, 5.41) is 13.6. The smallest absolute Gasteiger partial charge is 0.237 e. The molecule has 0 aliphatic carbocycles. The van der Waals surface area contributed by atoms with Crippen molar-refractivity contribution in [2.45, 2.75) is 25.0 Å². The Morgan fingerprint density at radius 3 is 2.55 bits per heavy atom. The summed E-state index contributed by atoms with van der Waals surface area (Å²) in [5.74, 6) is -0.177. The van der Waals surface area contributed by atoms with Crippen LogP contribution in [0.15, 0.2) is 18.2 Å². The molecule has 4 N–H and O–H groups in total. The van der Waals surface area contributed by atoms with E-state index in [1.807, 2.05) is 0 Å². The molecule has 0 radical (unpaired) electrons. The summed E-state index contributed by atoms with van der Waals surface area (Å²) < 4.78 is 5.26. The minimum Gasteiger partial charge on any atom is -0.386 e. The van der Waals surface area contributed by atoms with E-state index in [2.05, 4.69) is 5.32 Å². The van der Waals surface area contributed by atoms with Crippen LogP contribution >= 0.6 is 23.2 Å². The second-order valence-electron chi connectivity index (χ2n) is 5.37. The van der Waals surface area contributed by atoms with E-state index >= 15 is 0 Å². The first kappa shape index (κ1) is 17.5. The summed E-state index contributed by atoms with van der Waals surface area (Å²) in [6.45, 7) is 1.27. The number of nitrogens with two attached hydrogens (primary N) is 1. The van der Waals surface area contributed by atoms with Gasteiger partial charge in [0.1, 0.15) is 0 Å². The van der Waals surface area contributed by atoms with Crippen molar-refractivity contribution in [1.82, 2.24) is 5.32 Å². The average molecular weight is 347 g/mol. The molecule has 2 atom stereocenters. The number of carbonyl (C=O) groups is 1. The Labute approximate surface area is 139 Å². The zero-order valence-corrected chi connectivity index (χ0v) is 13.6. The highest BCUT2D eigenvalue weighted by atomic mass is 35.5. The second-order valence-corrected chi connectivity index (χ2v) is 6.19. The maximum absolute atomic E-state index is 12.1. The standard InChI is InChI=1S/C15H20Cl2N2O3/c16-10-2-1-3-11(17)13(10)12(20)8-19-15(21)14(18)9-4-6-22-7-5-9/h1-3,9,12,14,20H,4-8,18H2,(H,19,21). The molecule has 2 rings (SSSR count). The van der Waals surface area contributed by atoms with Crippen LogP contribution in [-0.4, -0.2) is 36.8 Å². The molecule has 1 aromatic rings. The van der Waals surface area contributed by atoms with Crippen LogP contribution in [0.4, 0.5) is 0 Å². The lowest BCUT2D eigenvalue weighted by molar-refractivity contribution is -0.124. The number of carbonyl (C=O) groups excluding carboxylic acids is 1. The first-order valence-electron chi connectivity index (χ1n) is 7.23. The largest absolute Gasteiger partial charge is 0.386 e. The number of aliphatic hydroxyl groups excluding tert-OH is 1. The van der Waals surface area contributed by atoms with Crippen LogP contribution in [0.25, 0.3) is 0 Å². The van der Waals surface area contributed by atoms with Gasteiger partial charge in [-0.25, -0.2) is 0 Å². The Kier molecular flexibility index (Phi) is 6.47. The molecular weight excluding hydrogens is 327 g/mol. The van der Waals surface area contributed by atoms with Crippen molar-refractivity contribution in [3.8, 4) is 0 Å². The fourth-order valence-electron chi connectivity index (χ4n) is 2.54. The van der Waals surface area contributed by atoms with Crippen molar-refractivity contribution < 1.29 is 14.6 Å². The normalized spacial score (nSPS) is 18.7. The second kappa shape index (κ2) is 8.13. The Morgan fingerprint density at radius 2 is 1.95 bits per heavy atom. The summed E-state index contributed by atoms with van der Waals surface area (Å²) in [6, 6.07) is 4.38. The molecule has 0 aromatic heterocycles. The van der Waals surface area contributed by atoms with E-state index in [4.69, 9.17) is 33.7 Å². The van der Waals surface area contributed by atoms with Gasteiger partial charge in [0, 0.05) is 35.4 Å². The predicted octanol–water partition coefficient (Wildman–Crippen LogP) is 1.90. The zero-order valence-electron chi connectivity index (χ0n) is 12.1. The van der Waals surface area contributed by atoms with Gasteiger partial charge in [0.15, 0.2) is 0 Å². The molecule has 1 aliphatic heterocycles. The van der Waals surface area contributed by atoms with Gasteiger partial charge in [0.2, 0.25) is 5.91 Å². The van der Waals surface area contributed by atoms with Gasteiger partial charge < -0.3 is 20.9 Å². The third-order valence-corrected chi connectivity index (χ3v) is 4.54. The Bertz CT molecular complexity index is 501. The van der Waals surface area contributed by atoms with Gasteiger partial charge in [-0.1, -0.05) is 29.3 Å². The van der Waals surface area contributed by atoms with Crippen molar-refractivity contribution in [2.24, 2.45) is 11.7 Å². The lowest BCUT2D eigenvalue weighted by Crippen LogP contribution is -2.48. The number of rotatable bonds is 5. The highest BCUT2D eigenvalue weighted by Crippen LogP contribution is 2.29. The Morgan fingerprint density at radius 1 is 1.36 bits per heavy atom. The number of halogens is 2. The summed E-state index contributed by atoms with van der Waals surface area (Å²) in [7, 11) is 0. The molecule has 2 unspecified atom stereocenters. The summed E-state index contributed by atoms with van der Waals surface area (Å²) in [5.41, 5.74) is 6.38. The van der Waals surface area contributed by atoms with E-state index < -0.39 is 12.1 Å². The predicted molar refractivity (Wildman–Crippen MR) is 85.9 cm³/mol. The zero-order chi connectivity index (χ0) is 16.1. The van der Waals surface area contributed by atoms with Gasteiger partial charge in [-0.15, -0.1) is 0 Å². The number of hydrogen-bond donors (Lipinski definition) is 3. The molecule has 5 nitrogen and oxygen atoms in total. The number of nitrogens with one attached hydrogen (secondary N) is 1. The fourth-order valence-corrected chi connectivity index (χ4v) is 3.18. The number of aliphatic hydroxyl groups is 1. The molecular formula is C15H20Cl2N2O3. The van der Waals surface area contributed by atoms with Crippen molar-refractivity contribution in [1.29, 1.82) is 0 Å². The fraction of sp³-hybridized carbons (Fsp3) is 0.533. The number of benzene rings is 1. The lowest BCUT2D eigenvalue weighted by atomic mass is 9.92. The van der Waals surface area contributed by atoms with Crippen LogP contribution < -0.4 is 11.1 Å². The molecule has 22 heavy (non-hydrogen) atoms. The topological polar surface area (TPSA) is 84.6 Å². The van der Waals surface area contributed by atoms with Gasteiger partial charge in [0.25, 0.3) is 0 Å². The maximum atomic E-state index is 12.1. The third-order valence-electron chi connectivity index (χ3n) is 3.88. The van der Waals surface area contributed by atoms with Crippen LogP contribution in [0, 0.1) is 5.92 Å². The molecule has 1 aliphatic rings. The molecule has 0 saturated carbocycles. The molecule has 1 aromatic carbocycles. The highest BCUT2D eigenvalue weighted by Gasteiger charge is 2.27. The minimum absolute atomic E-state index is 0.0131. The first-order valence-corrected chi connectivity index (χ1v) is 7.99. The molecule has 1 heterocycles. The van der Waals surface area contributed by atoms with Crippen LogP contribution in [-0.2, 0) is 9.53 Å². The van der Waals surface area contributed by atoms with E-state index in [0.717, 1.165) is 12.8 Å². The molecule has 7 heteroatoms. The molecule has 1 fully saturated rings. The quantitative estimate of drug-likeness (QED) is 0.760. The first-order chi connectivity index (χ1) is 10.5. The summed E-state index contributed by atoms with van der Waals surface area (Å²) in [4.78, 5) is 12.1. The van der Waals surface area contributed by atoms with Crippen molar-refractivity contribution in [3.63, 3.8) is 0 Å². The molecule has 0 spiro atoms. The monoisotopic (exact) mass is 346 g/mol. The molecule has 122 valence electrons. The molecule has 1 amide bonds. The van der Waals surface area contributed by atoms with Gasteiger partial charge >= 0.3 is 0 Å². The van der Waals surface area contributed by atoms with Crippen LogP contribution in [0.1, 0.15) is 24.5 Å². The number of hydrogen-bond acceptors (Lipinski definition) is 4. The highest BCUT2D eigenvalue weighted by molar-refractivity contribution is 6.36. The van der Waals surface area contributed by atoms with Crippen LogP contribution in [0.5, 0.6) is 0 Å². The van der Waals surface area contributed by atoms with Gasteiger partial charge in [-0.3, -0.25) is 4.79 Å². The van der Waals surface area contributed by atoms with E-state index in [0.29, 0.717) is 28.8 Å². The summed E-state index contributed by atoms with van der Waals surface area (Å²) in [6.07, 6.45) is 0.563. The van der Waals surface area contributed by atoms with Gasteiger partial charge in [-0.2, -0.15) is 0 Å². The van der Waals surface area contributed by atoms with E-state index in [1.165, 1.54) is 0 Å². The van der Waals surface area contributed by atoms with Crippen LogP contribution in [0.2, 0.25) is 10.0 Å². The maximum Gasteiger partial charge on any atom is 0.237 e. The van der Waals surface area contributed by atoms with Gasteiger partial charge in [-0.05, 0) is 30.9 Å². The minimum atomic E-state index is -0.980. The van der Waals surface area contributed by atoms with Crippen molar-refractivity contribution >= 4 is 29.1 Å². The van der Waals surface area contributed by atoms with E-state index in [-0.39, 0.29) is 18.4 Å². The number of ether oxygens (including phenoxy) is 1. The third kappa shape index (κ3) is 4.33. The number of amides is 1. The molecule has 1 saturated heterocycles. The van der Waals surface area contributed by atoms with E-state index in [1.54, 1.807) is 18.2 Å². The van der Waals surface area contributed by atoms with Crippen molar-refractivity contribution in [2.75, 3.05) is 19.8 Å². The van der Waals surface area contributed by atoms with Crippen LogP contribution in [0.3, 0.4) is 0 Å². The lowest BCUT2D eigenvalue weighted by Gasteiger charge is -2.27. The average Bonchev–Trinajstić information content (AvgIpc) is 2.52. The van der Waals surface area contributed by atoms with E-state index in [9.17, 15) is 9.90 Å². The Balaban J connectivity index is 1.90. The summed E-state index contributed by atoms with van der Waals surface area (Å²) >= 11 is 12.1. The van der Waals surface area contributed by atoms with Crippen molar-refractivity contribution in [3.05, 3.63) is 33.8 Å². The van der Waals surface area contributed by atoms with Gasteiger partial charge in [0.05, 0.1) is 12.1 Å². The Hall–Kier alpha value is -0.850. The molecule has 0 bridgehead atoms.